The largest absolute Gasteiger partial charge is 0.403 e. The van der Waals surface area contributed by atoms with Crippen LogP contribution in [0.1, 0.15) is 18.5 Å². The van der Waals surface area contributed by atoms with Crippen molar-refractivity contribution in [2.24, 2.45) is 17.3 Å². The molecular formula is C24H26FN7S. The zero-order chi connectivity index (χ0) is 23.4. The van der Waals surface area contributed by atoms with Gasteiger partial charge in [-0.25, -0.2) is 20.2 Å². The van der Waals surface area contributed by atoms with Gasteiger partial charge in [-0.15, -0.1) is 11.3 Å². The smallest absolute Gasteiger partial charge is 0.223 e. The summed E-state index contributed by atoms with van der Waals surface area (Å²) in [6, 6.07) is 16.1. The Balaban J connectivity index is 1.68. The first kappa shape index (κ1) is 22.7. The summed E-state index contributed by atoms with van der Waals surface area (Å²) in [4.78, 5) is 9.20. The normalized spacial score (nSPS) is 12.4. The van der Waals surface area contributed by atoms with Crippen molar-refractivity contribution in [2.75, 3.05) is 18.4 Å². The number of rotatable bonds is 8. The molecule has 2 aromatic heterocycles. The van der Waals surface area contributed by atoms with Crippen LogP contribution < -0.4 is 22.6 Å². The molecule has 0 unspecified atom stereocenters. The highest BCUT2D eigenvalue weighted by Gasteiger charge is 2.17. The first-order valence-electron chi connectivity index (χ1n) is 10.5. The maximum Gasteiger partial charge on any atom is 0.223 e. The van der Waals surface area contributed by atoms with E-state index in [1.165, 1.54) is 28.7 Å². The second kappa shape index (κ2) is 9.95. The van der Waals surface area contributed by atoms with Crippen molar-refractivity contribution in [1.82, 2.24) is 15.0 Å². The summed E-state index contributed by atoms with van der Waals surface area (Å²) in [6.07, 6.45) is 4.09. The Bertz CT molecular complexity index is 1290. The summed E-state index contributed by atoms with van der Waals surface area (Å²) < 4.78 is 15.8. The standard InChI is InChI=1S/C24H26FN7S/c1-15(27)17-6-2-3-7-18(17)19-8-4-5-16-13-21(33-23(16)19)22-20(25)14-30-24(31-22)29-10-12-32(28)11-9-26/h2-9,11,13-15H,10,12,26-28H2,1H3,(H,29,30,31)/b11-9-/t15-/m0/s1. The number of hydrogen-bond donors (Lipinski definition) is 4. The summed E-state index contributed by atoms with van der Waals surface area (Å²) in [5, 5.41) is 5.52. The van der Waals surface area contributed by atoms with Gasteiger partial charge in [0, 0.05) is 29.7 Å². The Hall–Kier alpha value is -3.53. The molecule has 0 radical (unpaired) electrons. The molecule has 0 aliphatic carbocycles. The van der Waals surface area contributed by atoms with E-state index >= 15 is 0 Å². The molecule has 7 nitrogen and oxygen atoms in total. The maximum absolute atomic E-state index is 14.7. The average Bonchev–Trinajstić information content (AvgIpc) is 3.24. The van der Waals surface area contributed by atoms with Crippen molar-refractivity contribution in [3.63, 3.8) is 0 Å². The lowest BCUT2D eigenvalue weighted by atomic mass is 9.95. The Morgan fingerprint density at radius 1 is 1.18 bits per heavy atom. The molecule has 2 aromatic carbocycles. The molecule has 4 rings (SSSR count). The Kier molecular flexibility index (Phi) is 6.83. The number of fused-ring (bicyclic) bond motifs is 1. The van der Waals surface area contributed by atoms with E-state index in [1.54, 1.807) is 6.20 Å². The second-order valence-electron chi connectivity index (χ2n) is 7.61. The van der Waals surface area contributed by atoms with E-state index in [9.17, 15) is 4.39 Å². The fraction of sp³-hybridized carbons (Fsp3) is 0.167. The predicted octanol–water partition coefficient (Wildman–Crippen LogP) is 4.20. The van der Waals surface area contributed by atoms with E-state index in [1.807, 2.05) is 43.3 Å². The van der Waals surface area contributed by atoms with E-state index in [2.05, 4.69) is 27.4 Å². The van der Waals surface area contributed by atoms with Gasteiger partial charge < -0.3 is 21.8 Å². The molecule has 2 heterocycles. The van der Waals surface area contributed by atoms with E-state index in [4.69, 9.17) is 17.3 Å². The molecule has 0 saturated carbocycles. The average molecular weight is 464 g/mol. The molecule has 0 saturated heterocycles. The van der Waals surface area contributed by atoms with Gasteiger partial charge >= 0.3 is 0 Å². The monoisotopic (exact) mass is 463 g/mol. The molecule has 170 valence electrons. The highest BCUT2D eigenvalue weighted by Crippen LogP contribution is 2.41. The number of thiophene rings is 1. The molecule has 0 bridgehead atoms. The van der Waals surface area contributed by atoms with Crippen LogP contribution in [-0.2, 0) is 0 Å². The Labute approximate surface area is 195 Å². The minimum absolute atomic E-state index is 0.103. The van der Waals surface area contributed by atoms with Crippen molar-refractivity contribution in [3.05, 3.63) is 78.5 Å². The zero-order valence-electron chi connectivity index (χ0n) is 18.2. The zero-order valence-corrected chi connectivity index (χ0v) is 19.0. The number of halogens is 1. The highest BCUT2D eigenvalue weighted by molar-refractivity contribution is 7.22. The van der Waals surface area contributed by atoms with Gasteiger partial charge in [0.15, 0.2) is 5.82 Å². The number of anilines is 1. The van der Waals surface area contributed by atoms with Crippen LogP contribution >= 0.6 is 11.3 Å². The summed E-state index contributed by atoms with van der Waals surface area (Å²) in [5.74, 6) is 5.60. The van der Waals surface area contributed by atoms with E-state index in [0.29, 0.717) is 19.0 Å². The van der Waals surface area contributed by atoms with Crippen molar-refractivity contribution in [2.45, 2.75) is 13.0 Å². The van der Waals surface area contributed by atoms with Crippen LogP contribution in [0.3, 0.4) is 0 Å². The number of nitrogens with one attached hydrogen (secondary N) is 1. The minimum Gasteiger partial charge on any atom is -0.403 e. The molecule has 7 N–H and O–H groups in total. The van der Waals surface area contributed by atoms with E-state index in [0.717, 1.165) is 31.7 Å². The number of nitrogens with zero attached hydrogens (tertiary/aromatic N) is 3. The number of aromatic nitrogens is 2. The van der Waals surface area contributed by atoms with Gasteiger partial charge in [0.05, 0.1) is 17.6 Å². The maximum atomic E-state index is 14.7. The lowest BCUT2D eigenvalue weighted by Gasteiger charge is -2.13. The predicted molar refractivity (Wildman–Crippen MR) is 134 cm³/mol. The molecule has 9 heteroatoms. The number of hydrogen-bond acceptors (Lipinski definition) is 8. The summed E-state index contributed by atoms with van der Waals surface area (Å²) in [6.45, 7) is 2.92. The topological polar surface area (TPSA) is 119 Å². The lowest BCUT2D eigenvalue weighted by molar-refractivity contribution is 0.408. The van der Waals surface area contributed by atoms with Gasteiger partial charge in [0.25, 0.3) is 0 Å². The molecule has 0 fully saturated rings. The molecule has 1 atom stereocenters. The Morgan fingerprint density at radius 3 is 2.76 bits per heavy atom. The SMILES string of the molecule is C[C@H](N)c1ccccc1-c1cccc2cc(-c3nc(NCCN(N)/C=C\N)ncc3F)sc12. The molecular weight excluding hydrogens is 437 g/mol. The molecule has 0 aliphatic heterocycles. The van der Waals surface area contributed by atoms with Crippen LogP contribution in [0.25, 0.3) is 31.8 Å². The van der Waals surface area contributed by atoms with Crippen LogP contribution in [-0.4, -0.2) is 28.1 Å². The third-order valence-electron chi connectivity index (χ3n) is 5.19. The third-order valence-corrected chi connectivity index (χ3v) is 6.38. The number of hydrazine groups is 1. The van der Waals surface area contributed by atoms with Crippen molar-refractivity contribution in [1.29, 1.82) is 0 Å². The van der Waals surface area contributed by atoms with Crippen LogP contribution in [0, 0.1) is 5.82 Å². The van der Waals surface area contributed by atoms with Gasteiger partial charge in [-0.3, -0.25) is 0 Å². The third kappa shape index (κ3) is 4.95. The number of nitrogens with two attached hydrogens (primary N) is 3. The summed E-state index contributed by atoms with van der Waals surface area (Å²) in [7, 11) is 0. The fourth-order valence-corrected chi connectivity index (χ4v) is 4.82. The second-order valence-corrected chi connectivity index (χ2v) is 8.66. The van der Waals surface area contributed by atoms with Gasteiger partial charge in [0.2, 0.25) is 5.95 Å². The Morgan fingerprint density at radius 2 is 1.97 bits per heavy atom. The molecule has 4 aromatic rings. The lowest BCUT2D eigenvalue weighted by Crippen LogP contribution is -2.30. The van der Waals surface area contributed by atoms with Crippen LogP contribution in [0.2, 0.25) is 0 Å². The van der Waals surface area contributed by atoms with Gasteiger partial charge in [-0.05, 0) is 35.1 Å². The van der Waals surface area contributed by atoms with Crippen molar-refractivity contribution >= 4 is 27.4 Å². The van der Waals surface area contributed by atoms with Gasteiger partial charge in [-0.2, -0.15) is 0 Å². The number of benzene rings is 2. The summed E-state index contributed by atoms with van der Waals surface area (Å²) >= 11 is 1.50. The van der Waals surface area contributed by atoms with E-state index < -0.39 is 5.82 Å². The molecule has 0 aliphatic rings. The molecule has 0 amide bonds. The quantitative estimate of drug-likeness (QED) is 0.228. The van der Waals surface area contributed by atoms with Crippen molar-refractivity contribution in [3.8, 4) is 21.7 Å². The van der Waals surface area contributed by atoms with Crippen molar-refractivity contribution < 1.29 is 4.39 Å². The molecule has 33 heavy (non-hydrogen) atoms. The van der Waals surface area contributed by atoms with Crippen LogP contribution in [0.4, 0.5) is 10.3 Å². The minimum atomic E-state index is -0.476. The first-order chi connectivity index (χ1) is 16.0. The van der Waals surface area contributed by atoms with Gasteiger partial charge in [-0.1, -0.05) is 42.5 Å². The van der Waals surface area contributed by atoms with Crippen LogP contribution in [0.5, 0.6) is 0 Å². The first-order valence-corrected chi connectivity index (χ1v) is 11.3. The van der Waals surface area contributed by atoms with Crippen LogP contribution in [0.15, 0.2) is 67.1 Å². The highest BCUT2D eigenvalue weighted by atomic mass is 32.1. The van der Waals surface area contributed by atoms with Gasteiger partial charge in [0.1, 0.15) is 5.69 Å². The van der Waals surface area contributed by atoms with E-state index in [-0.39, 0.29) is 11.7 Å². The fourth-order valence-electron chi connectivity index (χ4n) is 3.64. The summed E-state index contributed by atoms with van der Waals surface area (Å²) in [5.41, 5.74) is 15.0. The molecule has 0 spiro atoms.